The maximum Gasteiger partial charge on any atom is 0.253 e. The number of anilines is 1. The minimum atomic E-state index is -0.108. The summed E-state index contributed by atoms with van der Waals surface area (Å²) in [7, 11) is 1.58. The molecule has 18 heavy (non-hydrogen) atoms. The Bertz CT molecular complexity index is 441. The van der Waals surface area contributed by atoms with E-state index in [1.165, 1.54) is 12.8 Å². The average molecular weight is 248 g/mol. The molecule has 4 heteroatoms. The van der Waals surface area contributed by atoms with Gasteiger partial charge in [0.25, 0.3) is 5.91 Å². The minimum Gasteiger partial charge on any atom is -0.497 e. The summed E-state index contributed by atoms with van der Waals surface area (Å²) in [6.45, 7) is 2.04. The number of methoxy groups -OCH3 is 1. The van der Waals surface area contributed by atoms with E-state index < -0.39 is 0 Å². The van der Waals surface area contributed by atoms with Crippen molar-refractivity contribution in [3.05, 3.63) is 23.8 Å². The highest BCUT2D eigenvalue weighted by Crippen LogP contribution is 2.33. The maximum atomic E-state index is 12.0. The lowest BCUT2D eigenvalue weighted by molar-refractivity contribution is 0.0938. The van der Waals surface area contributed by atoms with E-state index in [1.54, 1.807) is 25.3 Å². The highest BCUT2D eigenvalue weighted by Gasteiger charge is 2.24. The predicted molar refractivity (Wildman–Crippen MR) is 71.7 cm³/mol. The molecule has 0 aliphatic heterocycles. The van der Waals surface area contributed by atoms with Crippen LogP contribution in [0.15, 0.2) is 18.2 Å². The summed E-state index contributed by atoms with van der Waals surface area (Å²) in [5.74, 6) is 1.35. The smallest absolute Gasteiger partial charge is 0.253 e. The third-order valence-corrected chi connectivity index (χ3v) is 3.26. The number of rotatable bonds is 5. The molecule has 1 aromatic rings. The molecule has 1 unspecified atom stereocenters. The van der Waals surface area contributed by atoms with Gasteiger partial charge >= 0.3 is 0 Å². The second-order valence-corrected chi connectivity index (χ2v) is 5.01. The molecule has 0 aromatic heterocycles. The quantitative estimate of drug-likeness (QED) is 0.785. The fourth-order valence-electron chi connectivity index (χ4n) is 2.09. The lowest BCUT2D eigenvalue weighted by Crippen LogP contribution is -2.33. The zero-order valence-corrected chi connectivity index (χ0v) is 10.9. The Balaban J connectivity index is 1.98. The third-order valence-electron chi connectivity index (χ3n) is 3.26. The summed E-state index contributed by atoms with van der Waals surface area (Å²) in [6.07, 6.45) is 3.65. The number of nitrogen functional groups attached to an aromatic ring is 1. The highest BCUT2D eigenvalue weighted by molar-refractivity contribution is 5.99. The number of benzene rings is 1. The SMILES string of the molecule is COc1ccc(C(=O)NC(C)CC2CC2)c(N)c1. The molecular formula is C14H20N2O2. The van der Waals surface area contributed by atoms with Gasteiger partial charge in [-0.25, -0.2) is 0 Å². The fourth-order valence-corrected chi connectivity index (χ4v) is 2.09. The van der Waals surface area contributed by atoms with Crippen molar-refractivity contribution in [3.8, 4) is 5.75 Å². The Morgan fingerprint density at radius 3 is 2.83 bits per heavy atom. The Hall–Kier alpha value is -1.71. The Labute approximate surface area is 108 Å². The summed E-state index contributed by atoms with van der Waals surface area (Å²) in [5.41, 5.74) is 6.81. The average Bonchev–Trinajstić information content (AvgIpc) is 3.12. The first-order chi connectivity index (χ1) is 8.60. The van der Waals surface area contributed by atoms with Crippen LogP contribution < -0.4 is 15.8 Å². The predicted octanol–water partition coefficient (Wildman–Crippen LogP) is 2.20. The first kappa shape index (κ1) is 12.7. The first-order valence-electron chi connectivity index (χ1n) is 6.34. The van der Waals surface area contributed by atoms with E-state index in [0.29, 0.717) is 17.0 Å². The van der Waals surface area contributed by atoms with Crippen LogP contribution in [0.1, 0.15) is 36.5 Å². The number of amides is 1. The van der Waals surface area contributed by atoms with Crippen molar-refractivity contribution in [2.24, 2.45) is 5.92 Å². The van der Waals surface area contributed by atoms with Crippen LogP contribution in [0.4, 0.5) is 5.69 Å². The minimum absolute atomic E-state index is 0.108. The summed E-state index contributed by atoms with van der Waals surface area (Å²) >= 11 is 0. The van der Waals surface area contributed by atoms with Gasteiger partial charge in [-0.05, 0) is 31.4 Å². The van der Waals surface area contributed by atoms with Gasteiger partial charge in [-0.1, -0.05) is 12.8 Å². The molecule has 0 bridgehead atoms. The Kier molecular flexibility index (Phi) is 3.75. The molecule has 1 amide bonds. The van der Waals surface area contributed by atoms with Crippen LogP contribution in [-0.4, -0.2) is 19.1 Å². The molecule has 0 heterocycles. The van der Waals surface area contributed by atoms with Crippen molar-refractivity contribution in [1.29, 1.82) is 0 Å². The summed E-state index contributed by atoms with van der Waals surface area (Å²) in [6, 6.07) is 5.32. The number of hydrogen-bond acceptors (Lipinski definition) is 3. The van der Waals surface area contributed by atoms with E-state index in [1.807, 2.05) is 6.92 Å². The van der Waals surface area contributed by atoms with Crippen LogP contribution in [0.25, 0.3) is 0 Å². The number of nitrogens with one attached hydrogen (secondary N) is 1. The lowest BCUT2D eigenvalue weighted by atomic mass is 10.1. The molecule has 0 saturated heterocycles. The summed E-state index contributed by atoms with van der Waals surface area (Å²) in [4.78, 5) is 12.0. The molecule has 1 aliphatic rings. The molecule has 2 rings (SSSR count). The number of carbonyl (C=O) groups excluding carboxylic acids is 1. The fraction of sp³-hybridized carbons (Fsp3) is 0.500. The molecule has 1 aromatic carbocycles. The number of hydrogen-bond donors (Lipinski definition) is 2. The van der Waals surface area contributed by atoms with Crippen molar-refractivity contribution >= 4 is 11.6 Å². The number of ether oxygens (including phenoxy) is 1. The van der Waals surface area contributed by atoms with Crippen LogP contribution in [-0.2, 0) is 0 Å². The van der Waals surface area contributed by atoms with Gasteiger partial charge in [-0.2, -0.15) is 0 Å². The zero-order valence-electron chi connectivity index (χ0n) is 10.9. The van der Waals surface area contributed by atoms with E-state index in [-0.39, 0.29) is 11.9 Å². The second-order valence-electron chi connectivity index (χ2n) is 5.01. The van der Waals surface area contributed by atoms with Gasteiger partial charge in [0.05, 0.1) is 12.7 Å². The van der Waals surface area contributed by atoms with E-state index in [2.05, 4.69) is 5.32 Å². The molecule has 1 saturated carbocycles. The largest absolute Gasteiger partial charge is 0.497 e. The van der Waals surface area contributed by atoms with Gasteiger partial charge in [0.1, 0.15) is 5.75 Å². The molecule has 1 fully saturated rings. The Morgan fingerprint density at radius 1 is 1.56 bits per heavy atom. The maximum absolute atomic E-state index is 12.0. The molecule has 1 aliphatic carbocycles. The van der Waals surface area contributed by atoms with Crippen molar-refractivity contribution in [1.82, 2.24) is 5.32 Å². The summed E-state index contributed by atoms with van der Waals surface area (Å²) in [5, 5.41) is 2.99. The van der Waals surface area contributed by atoms with E-state index >= 15 is 0 Å². The molecule has 0 radical (unpaired) electrons. The van der Waals surface area contributed by atoms with Crippen molar-refractivity contribution < 1.29 is 9.53 Å². The van der Waals surface area contributed by atoms with Crippen LogP contribution in [0.2, 0.25) is 0 Å². The number of carbonyl (C=O) groups is 1. The molecule has 98 valence electrons. The van der Waals surface area contributed by atoms with E-state index in [0.717, 1.165) is 12.3 Å². The van der Waals surface area contributed by atoms with E-state index in [4.69, 9.17) is 10.5 Å². The van der Waals surface area contributed by atoms with Gasteiger partial charge in [0, 0.05) is 17.8 Å². The molecular weight excluding hydrogens is 228 g/mol. The number of nitrogens with two attached hydrogens (primary N) is 1. The monoisotopic (exact) mass is 248 g/mol. The zero-order chi connectivity index (χ0) is 13.1. The normalized spacial score (nSPS) is 16.1. The molecule has 0 spiro atoms. The second kappa shape index (κ2) is 5.29. The van der Waals surface area contributed by atoms with Crippen molar-refractivity contribution in [3.63, 3.8) is 0 Å². The van der Waals surface area contributed by atoms with Crippen LogP contribution in [0, 0.1) is 5.92 Å². The van der Waals surface area contributed by atoms with Gasteiger partial charge in [0.2, 0.25) is 0 Å². The molecule has 4 nitrogen and oxygen atoms in total. The first-order valence-corrected chi connectivity index (χ1v) is 6.34. The van der Waals surface area contributed by atoms with Crippen LogP contribution in [0.3, 0.4) is 0 Å². The lowest BCUT2D eigenvalue weighted by Gasteiger charge is -2.14. The van der Waals surface area contributed by atoms with Gasteiger partial charge in [0.15, 0.2) is 0 Å². The molecule has 1 atom stereocenters. The topological polar surface area (TPSA) is 64.3 Å². The van der Waals surface area contributed by atoms with Gasteiger partial charge in [-0.15, -0.1) is 0 Å². The van der Waals surface area contributed by atoms with Crippen LogP contribution >= 0.6 is 0 Å². The highest BCUT2D eigenvalue weighted by atomic mass is 16.5. The standard InChI is InChI=1S/C14H20N2O2/c1-9(7-10-3-4-10)16-14(17)12-6-5-11(18-2)8-13(12)15/h5-6,8-10H,3-4,7,15H2,1-2H3,(H,16,17). The van der Waals surface area contributed by atoms with Crippen molar-refractivity contribution in [2.75, 3.05) is 12.8 Å². The van der Waals surface area contributed by atoms with Crippen molar-refractivity contribution in [2.45, 2.75) is 32.2 Å². The van der Waals surface area contributed by atoms with E-state index in [9.17, 15) is 4.79 Å². The van der Waals surface area contributed by atoms with Gasteiger partial charge < -0.3 is 15.8 Å². The van der Waals surface area contributed by atoms with Crippen LogP contribution in [0.5, 0.6) is 5.75 Å². The third kappa shape index (κ3) is 3.15. The molecule has 3 N–H and O–H groups in total. The summed E-state index contributed by atoms with van der Waals surface area (Å²) < 4.78 is 5.06. The Morgan fingerprint density at radius 2 is 2.28 bits per heavy atom. The van der Waals surface area contributed by atoms with Gasteiger partial charge in [-0.3, -0.25) is 4.79 Å².